The number of benzene rings is 2. The van der Waals surface area contributed by atoms with E-state index in [2.05, 4.69) is 75.7 Å². The topological polar surface area (TPSA) is 327 Å². The monoisotopic (exact) mass is 1620 g/mol. The molecule has 20 rings (SSSR count). The van der Waals surface area contributed by atoms with Gasteiger partial charge in [0, 0.05) is 131 Å². The molecule has 8 saturated heterocycles. The lowest BCUT2D eigenvalue weighted by atomic mass is 9.90. The third-order valence-corrected chi connectivity index (χ3v) is 24.4. The van der Waals surface area contributed by atoms with Crippen LogP contribution in [0.3, 0.4) is 0 Å². The summed E-state index contributed by atoms with van der Waals surface area (Å²) in [6, 6.07) is 40.2. The summed E-state index contributed by atoms with van der Waals surface area (Å²) in [7, 11) is 0. The Morgan fingerprint density at radius 3 is 1.28 bits per heavy atom. The standard InChI is InChI=1S/C23H24N4O3.C22H22FN5O2.2C22H24N6O2/c1-14-7-10-21(24-12-14)29-13-16-11-17-8-9-20(16)27(17)23(28)19-6-4-3-5-18(19)22-25-15(2)26-30-22;1-14-5-8-20(24-12-14)30-13-15-11-16-6-7-19(15)27(16)22(29)17-3-2-4-18(23)21(17)28-25-9-10-26-28;1-14-4-3-5-20(24-14)30-13-16-12-17-7-9-19(16)28(17)22(29)18-8-6-15(2)25-21(18)27-11-10-23-26-27;1-14-4-3-5-20(25-14)30-13-16-12-17-7-9-19(16)27(17)22(29)18-8-6-15(2)26-21(18)28-23-10-11-24-28/h3-7,10,12,16-17,20H,8-9,11,13H2,1-2H3;2-5,8-10,12,15-16,19H,6-7,11,13H2,1H3;2*3-6,8,10-11,16-17,19H,7,9,12-13H2,1-2H3. The molecule has 8 aliphatic heterocycles. The number of aromatic nitrogens is 17. The number of ether oxygens (including phenoxy) is 4. The Bertz CT molecular complexity index is 5450. The molecule has 0 saturated carbocycles. The second-order valence-corrected chi connectivity index (χ2v) is 32.3. The van der Waals surface area contributed by atoms with E-state index in [0.717, 1.165) is 111 Å². The van der Waals surface area contributed by atoms with E-state index in [0.29, 0.717) is 113 Å². The van der Waals surface area contributed by atoms with Gasteiger partial charge in [-0.15, -0.1) is 14.7 Å². The Morgan fingerprint density at radius 1 is 0.408 bits per heavy atom. The van der Waals surface area contributed by atoms with Crippen molar-refractivity contribution >= 4 is 23.6 Å². The Labute approximate surface area is 692 Å². The fourth-order valence-corrected chi connectivity index (χ4v) is 18.9. The molecule has 12 aromatic rings. The fourth-order valence-electron chi connectivity index (χ4n) is 18.9. The summed E-state index contributed by atoms with van der Waals surface area (Å²) in [5.41, 5.74) is 8.48. The summed E-state index contributed by atoms with van der Waals surface area (Å²) < 4.78 is 45.3. The van der Waals surface area contributed by atoms with Crippen LogP contribution in [0, 0.1) is 78.0 Å². The molecule has 0 spiro atoms. The second kappa shape index (κ2) is 34.8. The number of aryl methyl sites for hydroxylation is 7. The first-order valence-electron chi connectivity index (χ1n) is 41.2. The number of hydrogen-bond donors (Lipinski definition) is 0. The largest absolute Gasteiger partial charge is 0.477 e. The van der Waals surface area contributed by atoms with Crippen LogP contribution in [0.15, 0.2) is 181 Å². The molecule has 616 valence electrons. The van der Waals surface area contributed by atoms with E-state index in [1.165, 1.54) is 28.1 Å². The average Bonchev–Trinajstić information content (AvgIpc) is 1.62. The first kappa shape index (κ1) is 79.4. The van der Waals surface area contributed by atoms with Crippen LogP contribution < -0.4 is 18.9 Å². The zero-order chi connectivity index (χ0) is 82.7. The van der Waals surface area contributed by atoms with Crippen LogP contribution in [-0.2, 0) is 0 Å². The maximum atomic E-state index is 14.6. The van der Waals surface area contributed by atoms with Crippen LogP contribution in [0.2, 0.25) is 0 Å². The van der Waals surface area contributed by atoms with Crippen molar-refractivity contribution in [3.63, 3.8) is 0 Å². The van der Waals surface area contributed by atoms with Crippen LogP contribution in [0.4, 0.5) is 4.39 Å². The summed E-state index contributed by atoms with van der Waals surface area (Å²) in [5, 5.41) is 28.2. The molecule has 0 radical (unpaired) electrons. The van der Waals surface area contributed by atoms with Crippen LogP contribution in [0.5, 0.6) is 23.5 Å². The van der Waals surface area contributed by atoms with Crippen LogP contribution in [0.1, 0.15) is 158 Å². The summed E-state index contributed by atoms with van der Waals surface area (Å²) in [6.45, 7) is 15.7. The molecule has 0 aliphatic carbocycles. The number of halogens is 1. The number of pyridine rings is 6. The molecule has 31 heteroatoms. The van der Waals surface area contributed by atoms with Crippen LogP contribution >= 0.6 is 0 Å². The minimum Gasteiger partial charge on any atom is -0.477 e. The van der Waals surface area contributed by atoms with Gasteiger partial charge in [0.2, 0.25) is 23.5 Å². The minimum absolute atomic E-state index is 0.00141. The first-order chi connectivity index (χ1) is 58.4. The zero-order valence-electron chi connectivity index (χ0n) is 67.9. The van der Waals surface area contributed by atoms with Crippen molar-refractivity contribution in [3.8, 4) is 52.3 Å². The molecule has 12 unspecified atom stereocenters. The Balaban J connectivity index is 0.000000114. The Hall–Kier alpha value is -13.1. The molecule has 10 aromatic heterocycles. The third kappa shape index (κ3) is 16.8. The SMILES string of the molecule is Cc1ccc(OCC2CC3CCC2N3C(=O)c2cccc(F)c2-n2nccn2)nc1.Cc1ccc(OCC2CC3CCC2N3C(=O)c2ccccc2-c2nc(C)no2)nc1.Cc1cccc(OCC2CC3CCC2N3C(=O)c2ccc(C)nc2-n2ccnn2)n1.Cc1cccc(OCC2CC3CCC2N3C(=O)c2ccc(C)nc2-n2nccn2)n1. The quantitative estimate of drug-likeness (QED) is 0.0684. The number of para-hydroxylation sites is 1. The number of carbonyl (C=O) groups excluding carboxylic acids is 4. The van der Waals surface area contributed by atoms with E-state index in [4.69, 9.17) is 23.5 Å². The predicted octanol–water partition coefficient (Wildman–Crippen LogP) is 12.5. The second-order valence-electron chi connectivity index (χ2n) is 32.3. The molecule has 8 aliphatic rings. The Morgan fingerprint density at radius 2 is 0.833 bits per heavy atom. The average molecular weight is 1620 g/mol. The number of nitrogens with zero attached hydrogens (tertiary/aromatic N) is 21. The van der Waals surface area contributed by atoms with Gasteiger partial charge in [0.05, 0.1) is 91.4 Å². The molecule has 0 N–H and O–H groups in total. The highest BCUT2D eigenvalue weighted by molar-refractivity contribution is 6.01. The van der Waals surface area contributed by atoms with Gasteiger partial charge in [0.1, 0.15) is 5.69 Å². The molecule has 8 bridgehead atoms. The van der Waals surface area contributed by atoms with Gasteiger partial charge >= 0.3 is 0 Å². The molecule has 120 heavy (non-hydrogen) atoms. The zero-order valence-corrected chi connectivity index (χ0v) is 67.9. The summed E-state index contributed by atoms with van der Waals surface area (Å²) >= 11 is 0. The number of carbonyl (C=O) groups is 4. The lowest BCUT2D eigenvalue weighted by molar-refractivity contribution is 0.0700. The van der Waals surface area contributed by atoms with Crippen molar-refractivity contribution < 1.29 is 47.0 Å². The maximum absolute atomic E-state index is 14.6. The van der Waals surface area contributed by atoms with Gasteiger partial charge in [0.15, 0.2) is 23.3 Å². The third-order valence-electron chi connectivity index (χ3n) is 24.4. The lowest BCUT2D eigenvalue weighted by Gasteiger charge is -2.25. The highest BCUT2D eigenvalue weighted by Crippen LogP contribution is 2.48. The normalized spacial score (nSPS) is 22.5. The van der Waals surface area contributed by atoms with Crippen molar-refractivity contribution in [2.24, 2.45) is 23.7 Å². The highest BCUT2D eigenvalue weighted by Gasteiger charge is 2.53. The maximum Gasteiger partial charge on any atom is 0.258 e. The van der Waals surface area contributed by atoms with Gasteiger partial charge in [-0.25, -0.2) is 39.0 Å². The van der Waals surface area contributed by atoms with E-state index < -0.39 is 5.82 Å². The smallest absolute Gasteiger partial charge is 0.258 e. The number of rotatable bonds is 20. The highest BCUT2D eigenvalue weighted by atomic mass is 19.1. The van der Waals surface area contributed by atoms with Crippen molar-refractivity contribution in [2.75, 3.05) is 26.4 Å². The summed E-state index contributed by atoms with van der Waals surface area (Å²) in [5.74, 6) is 4.97. The van der Waals surface area contributed by atoms with Gasteiger partial charge in [-0.05, 0) is 197 Å². The molecule has 12 atom stereocenters. The lowest BCUT2D eigenvalue weighted by Crippen LogP contribution is -2.38. The first-order valence-corrected chi connectivity index (χ1v) is 41.2. The van der Waals surface area contributed by atoms with Crippen molar-refractivity contribution in [1.82, 2.24) is 105 Å². The van der Waals surface area contributed by atoms with E-state index in [1.807, 2.05) is 172 Å². The molecular formula is C89H94FN21O9. The molecule has 8 fully saturated rings. The van der Waals surface area contributed by atoms with Crippen LogP contribution in [-0.4, -0.2) is 203 Å². The number of hydrogen-bond acceptors (Lipinski definition) is 23. The van der Waals surface area contributed by atoms with Gasteiger partial charge in [0.25, 0.3) is 29.5 Å². The van der Waals surface area contributed by atoms with Gasteiger partial charge in [-0.1, -0.05) is 52.8 Å². The number of fused-ring (bicyclic) bond motifs is 8. The van der Waals surface area contributed by atoms with Crippen molar-refractivity contribution in [3.05, 3.63) is 245 Å². The van der Waals surface area contributed by atoms with E-state index in [1.54, 1.807) is 54.7 Å². The van der Waals surface area contributed by atoms with E-state index in [9.17, 15) is 23.6 Å². The summed E-state index contributed by atoms with van der Waals surface area (Å²) in [6.07, 6.45) is 24.8. The van der Waals surface area contributed by atoms with Crippen molar-refractivity contribution in [2.45, 2.75) is 174 Å². The minimum atomic E-state index is -0.520. The van der Waals surface area contributed by atoms with E-state index >= 15 is 0 Å². The van der Waals surface area contributed by atoms with Gasteiger partial charge in [-0.2, -0.15) is 25.4 Å². The predicted molar refractivity (Wildman–Crippen MR) is 436 cm³/mol. The van der Waals surface area contributed by atoms with Gasteiger partial charge in [-0.3, -0.25) is 19.2 Å². The Kier molecular flexibility index (Phi) is 23.0. The molecular weight excluding hydrogens is 1530 g/mol. The summed E-state index contributed by atoms with van der Waals surface area (Å²) in [4.78, 5) is 95.7. The molecule has 30 nitrogen and oxygen atoms in total. The molecule has 2 aromatic carbocycles. The fraction of sp³-hybridized carbons (Fsp3) is 0.393. The van der Waals surface area contributed by atoms with E-state index in [-0.39, 0.29) is 89.1 Å². The van der Waals surface area contributed by atoms with Crippen molar-refractivity contribution in [1.29, 1.82) is 0 Å². The van der Waals surface area contributed by atoms with Gasteiger partial charge < -0.3 is 43.1 Å². The number of amides is 4. The van der Waals surface area contributed by atoms with Crippen LogP contribution in [0.25, 0.3) is 28.8 Å². The molecule has 4 amide bonds. The molecule has 18 heterocycles.